The summed E-state index contributed by atoms with van der Waals surface area (Å²) in [5.74, 6) is 0.585. The average molecular weight is 305 g/mol. The van der Waals surface area contributed by atoms with E-state index in [4.69, 9.17) is 5.11 Å². The highest BCUT2D eigenvalue weighted by Crippen LogP contribution is 2.21. The molecule has 0 aliphatic carbocycles. The van der Waals surface area contributed by atoms with E-state index in [-0.39, 0.29) is 18.6 Å². The van der Waals surface area contributed by atoms with Gasteiger partial charge in [0, 0.05) is 36.8 Å². The molecule has 0 fully saturated rings. The molecule has 1 heterocycles. The first-order valence-electron chi connectivity index (χ1n) is 6.71. The third-order valence-electron chi connectivity index (χ3n) is 2.99. The molecule has 0 aliphatic heterocycles. The number of nitrogens with zero attached hydrogens (tertiary/aromatic N) is 2. The maximum absolute atomic E-state index is 12.0. The maximum atomic E-state index is 12.0. The van der Waals surface area contributed by atoms with Crippen molar-refractivity contribution < 1.29 is 9.90 Å². The van der Waals surface area contributed by atoms with Gasteiger partial charge in [0.05, 0.1) is 6.61 Å². The Bertz CT molecular complexity index is 612. The van der Waals surface area contributed by atoms with E-state index in [1.807, 2.05) is 36.0 Å². The van der Waals surface area contributed by atoms with Crippen molar-refractivity contribution in [2.75, 3.05) is 6.61 Å². The Kier molecular flexibility index (Phi) is 5.41. The summed E-state index contributed by atoms with van der Waals surface area (Å²) in [6.07, 6.45) is 3.67. The van der Waals surface area contributed by atoms with Crippen LogP contribution in [0.1, 0.15) is 22.8 Å². The van der Waals surface area contributed by atoms with Gasteiger partial charge in [0.15, 0.2) is 5.16 Å². The van der Waals surface area contributed by atoms with Gasteiger partial charge in [-0.15, -0.1) is 0 Å². The fraction of sp³-hybridized carbons (Fsp3) is 0.333. The van der Waals surface area contributed by atoms with Gasteiger partial charge in [0.25, 0.3) is 5.91 Å². The number of nitrogens with one attached hydrogen (secondary N) is 1. The molecule has 0 aliphatic rings. The molecular formula is C15H19N3O2S. The number of aliphatic hydroxyl groups is 1. The number of thioether (sulfide) groups is 1. The molecule has 5 nitrogen and oxygen atoms in total. The molecular weight excluding hydrogens is 286 g/mol. The van der Waals surface area contributed by atoms with Gasteiger partial charge in [-0.1, -0.05) is 23.9 Å². The van der Waals surface area contributed by atoms with Crippen LogP contribution in [0.15, 0.2) is 41.8 Å². The van der Waals surface area contributed by atoms with Crippen LogP contribution in [-0.2, 0) is 12.8 Å². The van der Waals surface area contributed by atoms with Crippen LogP contribution in [-0.4, -0.2) is 33.2 Å². The Morgan fingerprint density at radius 2 is 2.33 bits per heavy atom. The summed E-state index contributed by atoms with van der Waals surface area (Å²) < 4.78 is 1.96. The molecule has 0 radical (unpaired) electrons. The zero-order valence-electron chi connectivity index (χ0n) is 12.1. The van der Waals surface area contributed by atoms with Gasteiger partial charge in [0.2, 0.25) is 0 Å². The molecule has 1 atom stereocenters. The van der Waals surface area contributed by atoms with E-state index < -0.39 is 0 Å². The van der Waals surface area contributed by atoms with E-state index in [2.05, 4.69) is 10.3 Å². The zero-order valence-corrected chi connectivity index (χ0v) is 12.9. The molecule has 1 aromatic heterocycles. The predicted molar refractivity (Wildman–Crippen MR) is 83.2 cm³/mol. The van der Waals surface area contributed by atoms with E-state index >= 15 is 0 Å². The maximum Gasteiger partial charge on any atom is 0.251 e. The Hall–Kier alpha value is -1.79. The number of imidazole rings is 1. The molecule has 0 spiro atoms. The van der Waals surface area contributed by atoms with Gasteiger partial charge in [-0.3, -0.25) is 4.79 Å². The van der Waals surface area contributed by atoms with Crippen molar-refractivity contribution in [3.05, 3.63) is 47.8 Å². The summed E-state index contributed by atoms with van der Waals surface area (Å²) in [7, 11) is 1.95. The SMILES string of the molecule is CC(CO)NC(=O)c1cccc(CSc2nccn2C)c1. The van der Waals surface area contributed by atoms with E-state index in [1.165, 1.54) is 0 Å². The molecule has 0 bridgehead atoms. The van der Waals surface area contributed by atoms with Crippen LogP contribution in [0.3, 0.4) is 0 Å². The number of benzene rings is 1. The van der Waals surface area contributed by atoms with Crippen molar-refractivity contribution in [1.82, 2.24) is 14.9 Å². The summed E-state index contributed by atoms with van der Waals surface area (Å²) in [6, 6.07) is 7.25. The Morgan fingerprint density at radius 3 is 3.00 bits per heavy atom. The fourth-order valence-corrected chi connectivity index (χ4v) is 2.67. The Morgan fingerprint density at radius 1 is 1.52 bits per heavy atom. The number of carbonyl (C=O) groups excluding carboxylic acids is 1. The number of hydrogen-bond acceptors (Lipinski definition) is 4. The lowest BCUT2D eigenvalue weighted by molar-refractivity contribution is 0.0922. The normalized spacial score (nSPS) is 12.1. The van der Waals surface area contributed by atoms with Crippen molar-refractivity contribution in [2.45, 2.75) is 23.9 Å². The third kappa shape index (κ3) is 4.34. The van der Waals surface area contributed by atoms with Crippen LogP contribution in [0.2, 0.25) is 0 Å². The minimum atomic E-state index is -0.247. The first-order chi connectivity index (χ1) is 10.1. The molecule has 1 amide bonds. The number of hydrogen-bond donors (Lipinski definition) is 2. The quantitative estimate of drug-likeness (QED) is 0.799. The number of carbonyl (C=O) groups is 1. The largest absolute Gasteiger partial charge is 0.394 e. The second kappa shape index (κ2) is 7.28. The van der Waals surface area contributed by atoms with E-state index in [0.29, 0.717) is 5.56 Å². The molecule has 2 N–H and O–H groups in total. The molecule has 2 aromatic rings. The van der Waals surface area contributed by atoms with E-state index in [1.54, 1.807) is 30.9 Å². The Labute approximate surface area is 128 Å². The summed E-state index contributed by atoms with van der Waals surface area (Å²) in [5, 5.41) is 12.7. The van der Waals surface area contributed by atoms with Crippen LogP contribution in [0.4, 0.5) is 0 Å². The third-order valence-corrected chi connectivity index (χ3v) is 4.11. The standard InChI is InChI=1S/C15H19N3O2S/c1-11(9-19)17-14(20)13-5-3-4-12(8-13)10-21-15-16-6-7-18(15)2/h3-8,11,19H,9-10H2,1-2H3,(H,17,20). The van der Waals surface area contributed by atoms with Gasteiger partial charge in [-0.25, -0.2) is 4.98 Å². The Balaban J connectivity index is 2.00. The van der Waals surface area contributed by atoms with Crippen LogP contribution in [0.25, 0.3) is 0 Å². The van der Waals surface area contributed by atoms with Gasteiger partial charge in [0.1, 0.15) is 0 Å². The molecule has 2 rings (SSSR count). The fourth-order valence-electron chi connectivity index (χ4n) is 1.79. The van der Waals surface area contributed by atoms with Crippen molar-refractivity contribution in [3.63, 3.8) is 0 Å². The highest BCUT2D eigenvalue weighted by molar-refractivity contribution is 7.98. The summed E-state index contributed by atoms with van der Waals surface area (Å²) in [4.78, 5) is 16.3. The molecule has 0 saturated heterocycles. The van der Waals surface area contributed by atoms with Crippen molar-refractivity contribution in [1.29, 1.82) is 0 Å². The summed E-state index contributed by atoms with van der Waals surface area (Å²) >= 11 is 1.63. The van der Waals surface area contributed by atoms with E-state index in [0.717, 1.165) is 16.5 Å². The van der Waals surface area contributed by atoms with Crippen LogP contribution < -0.4 is 5.32 Å². The zero-order chi connectivity index (χ0) is 15.2. The minimum Gasteiger partial charge on any atom is -0.394 e. The minimum absolute atomic E-state index is 0.0690. The lowest BCUT2D eigenvalue weighted by Gasteiger charge is -2.11. The van der Waals surface area contributed by atoms with Crippen LogP contribution in [0.5, 0.6) is 0 Å². The molecule has 21 heavy (non-hydrogen) atoms. The number of amides is 1. The molecule has 0 saturated carbocycles. The van der Waals surface area contributed by atoms with Gasteiger partial charge in [-0.05, 0) is 24.6 Å². The average Bonchev–Trinajstić information content (AvgIpc) is 2.90. The van der Waals surface area contributed by atoms with E-state index in [9.17, 15) is 4.79 Å². The van der Waals surface area contributed by atoms with Crippen molar-refractivity contribution in [3.8, 4) is 0 Å². The highest BCUT2D eigenvalue weighted by Gasteiger charge is 2.10. The van der Waals surface area contributed by atoms with Crippen molar-refractivity contribution >= 4 is 17.7 Å². The highest BCUT2D eigenvalue weighted by atomic mass is 32.2. The summed E-state index contributed by atoms with van der Waals surface area (Å²) in [5.41, 5.74) is 1.67. The number of rotatable bonds is 6. The van der Waals surface area contributed by atoms with Crippen LogP contribution >= 0.6 is 11.8 Å². The number of aromatic nitrogens is 2. The van der Waals surface area contributed by atoms with Gasteiger partial charge >= 0.3 is 0 Å². The van der Waals surface area contributed by atoms with Crippen molar-refractivity contribution in [2.24, 2.45) is 7.05 Å². The first-order valence-corrected chi connectivity index (χ1v) is 7.69. The summed E-state index contributed by atoms with van der Waals surface area (Å²) in [6.45, 7) is 1.69. The number of aryl methyl sites for hydroxylation is 1. The molecule has 6 heteroatoms. The molecule has 1 aromatic carbocycles. The predicted octanol–water partition coefficient (Wildman–Crippen LogP) is 1.82. The first kappa shape index (κ1) is 15.6. The lowest BCUT2D eigenvalue weighted by atomic mass is 10.1. The smallest absolute Gasteiger partial charge is 0.251 e. The molecule has 1 unspecified atom stereocenters. The van der Waals surface area contributed by atoms with Crippen LogP contribution in [0, 0.1) is 0 Å². The second-order valence-corrected chi connectivity index (χ2v) is 5.81. The molecule has 112 valence electrons. The monoisotopic (exact) mass is 305 g/mol. The van der Waals surface area contributed by atoms with Gasteiger partial charge in [-0.2, -0.15) is 0 Å². The number of aliphatic hydroxyl groups excluding tert-OH is 1. The topological polar surface area (TPSA) is 67.2 Å². The lowest BCUT2D eigenvalue weighted by Crippen LogP contribution is -2.34. The van der Waals surface area contributed by atoms with Gasteiger partial charge < -0.3 is 15.0 Å². The second-order valence-electron chi connectivity index (χ2n) is 4.87.